The first-order valence-corrected chi connectivity index (χ1v) is 18.2. The van der Waals surface area contributed by atoms with E-state index in [1.165, 1.54) is 22.9 Å². The first-order chi connectivity index (χ1) is 24.0. The number of benzene rings is 4. The van der Waals surface area contributed by atoms with Crippen molar-refractivity contribution in [2.75, 3.05) is 11.9 Å². The second-order valence-electron chi connectivity index (χ2n) is 11.3. The van der Waals surface area contributed by atoms with Crippen LogP contribution in [0, 0.1) is 0 Å². The van der Waals surface area contributed by atoms with Crippen molar-refractivity contribution in [3.05, 3.63) is 128 Å². The second-order valence-corrected chi connectivity index (χ2v) is 13.8. The summed E-state index contributed by atoms with van der Waals surface area (Å²) in [5.74, 6) is -0.284. The van der Waals surface area contributed by atoms with Crippen molar-refractivity contribution < 1.29 is 22.7 Å². The molecule has 0 aliphatic carbocycles. The molecule has 1 aromatic heterocycles. The number of halogens is 2. The lowest BCUT2D eigenvalue weighted by Crippen LogP contribution is -2.31. The largest absolute Gasteiger partial charge is 0.449 e. The third kappa shape index (κ3) is 8.44. The Morgan fingerprint density at radius 2 is 1.60 bits per heavy atom. The third-order valence-corrected chi connectivity index (χ3v) is 9.72. The van der Waals surface area contributed by atoms with Crippen LogP contribution in [-0.2, 0) is 27.7 Å². The summed E-state index contributed by atoms with van der Waals surface area (Å²) >= 11 is 12.6. The highest BCUT2D eigenvalue weighted by molar-refractivity contribution is 7.90. The van der Waals surface area contributed by atoms with Crippen molar-refractivity contribution in [2.45, 2.75) is 51.0 Å². The number of aryl methyl sites for hydroxylation is 1. The first-order valence-electron chi connectivity index (χ1n) is 15.9. The van der Waals surface area contributed by atoms with E-state index in [1.807, 2.05) is 13.8 Å². The van der Waals surface area contributed by atoms with E-state index in [1.54, 1.807) is 77.4 Å². The molecule has 0 saturated carbocycles. The molecule has 0 radical (unpaired) electrons. The molecule has 5 rings (SSSR count). The number of aromatic nitrogens is 3. The van der Waals surface area contributed by atoms with E-state index in [4.69, 9.17) is 27.9 Å². The number of nitrogens with one attached hydrogen (secondary N) is 2. The summed E-state index contributed by atoms with van der Waals surface area (Å²) in [5.41, 5.74) is 2.05. The normalized spacial score (nSPS) is 11.3. The lowest BCUT2D eigenvalue weighted by atomic mass is 10.0. The van der Waals surface area contributed by atoms with Crippen LogP contribution < -0.4 is 15.7 Å². The Morgan fingerprint density at radius 3 is 2.32 bits per heavy atom. The fraction of sp³-hybridized carbons (Fsp3) is 0.222. The molecule has 0 saturated heterocycles. The number of sulfonamides is 1. The highest BCUT2D eigenvalue weighted by atomic mass is 35.5. The number of hydrogen-bond donors (Lipinski definition) is 2. The van der Waals surface area contributed by atoms with Gasteiger partial charge in [-0.15, -0.1) is 5.10 Å². The Balaban J connectivity index is 1.42. The van der Waals surface area contributed by atoms with E-state index in [0.29, 0.717) is 41.2 Å². The molecule has 260 valence electrons. The molecule has 0 aliphatic rings. The number of nitrogens with zero attached hydrogens (tertiary/aromatic N) is 3. The maximum Gasteiger partial charge on any atom is 0.411 e. The maximum absolute atomic E-state index is 13.8. The third-order valence-electron chi connectivity index (χ3n) is 7.68. The topological polar surface area (TPSA) is 141 Å². The predicted molar refractivity (Wildman–Crippen MR) is 194 cm³/mol. The van der Waals surface area contributed by atoms with Gasteiger partial charge in [-0.25, -0.2) is 22.7 Å². The number of amides is 2. The molecule has 0 atom stereocenters. The maximum atomic E-state index is 13.8. The zero-order valence-corrected chi connectivity index (χ0v) is 29.7. The summed E-state index contributed by atoms with van der Waals surface area (Å²) in [7, 11) is -4.28. The zero-order valence-electron chi connectivity index (χ0n) is 27.4. The SMILES string of the molecule is CCCCc1nn(-c2cc(NC(=O)OCCC)ccc2Cl)c(=O)n1Cc1ccc(-c2ccccc2S(=O)(=O)NC(=O)c2ccccc2Cl)cc1. The number of ether oxygens (including phenoxy) is 1. The van der Waals surface area contributed by atoms with Crippen molar-refractivity contribution in [1.29, 1.82) is 0 Å². The highest BCUT2D eigenvalue weighted by Gasteiger charge is 2.24. The van der Waals surface area contributed by atoms with Gasteiger partial charge in [-0.05, 0) is 60.4 Å². The van der Waals surface area contributed by atoms with E-state index in [2.05, 4.69) is 15.1 Å². The average Bonchev–Trinajstić information content (AvgIpc) is 3.41. The van der Waals surface area contributed by atoms with Gasteiger partial charge in [-0.1, -0.05) is 98.1 Å². The van der Waals surface area contributed by atoms with Gasteiger partial charge in [-0.3, -0.25) is 14.7 Å². The summed E-state index contributed by atoms with van der Waals surface area (Å²) in [5, 5.41) is 7.67. The number of carbonyl (C=O) groups excluding carboxylic acids is 2. The number of carbonyl (C=O) groups is 2. The number of anilines is 1. The van der Waals surface area contributed by atoms with Crippen LogP contribution in [0.1, 0.15) is 54.9 Å². The van der Waals surface area contributed by atoms with E-state index >= 15 is 0 Å². The molecule has 0 spiro atoms. The van der Waals surface area contributed by atoms with Crippen LogP contribution in [0.4, 0.5) is 10.5 Å². The lowest BCUT2D eigenvalue weighted by molar-refractivity contribution is 0.0981. The van der Waals surface area contributed by atoms with Crippen LogP contribution in [0.3, 0.4) is 0 Å². The van der Waals surface area contributed by atoms with Gasteiger partial charge < -0.3 is 4.74 Å². The van der Waals surface area contributed by atoms with Gasteiger partial charge in [-0.2, -0.15) is 4.68 Å². The van der Waals surface area contributed by atoms with Gasteiger partial charge >= 0.3 is 11.8 Å². The summed E-state index contributed by atoms with van der Waals surface area (Å²) in [6.07, 6.45) is 2.28. The zero-order chi connectivity index (χ0) is 35.8. The van der Waals surface area contributed by atoms with Crippen LogP contribution >= 0.6 is 23.2 Å². The van der Waals surface area contributed by atoms with Crippen LogP contribution in [0.15, 0.2) is 101 Å². The van der Waals surface area contributed by atoms with Gasteiger partial charge in [0, 0.05) is 17.7 Å². The van der Waals surface area contributed by atoms with Gasteiger partial charge in [0.25, 0.3) is 15.9 Å². The van der Waals surface area contributed by atoms with E-state index in [9.17, 15) is 22.8 Å². The summed E-state index contributed by atoms with van der Waals surface area (Å²) in [4.78, 5) is 38.7. The summed E-state index contributed by atoms with van der Waals surface area (Å²) in [6, 6.07) is 24.4. The first kappa shape index (κ1) is 36.4. The summed E-state index contributed by atoms with van der Waals surface area (Å²) in [6.45, 7) is 4.39. The van der Waals surface area contributed by atoms with Gasteiger partial charge in [0.15, 0.2) is 0 Å². The minimum Gasteiger partial charge on any atom is -0.449 e. The van der Waals surface area contributed by atoms with Crippen molar-refractivity contribution >= 4 is 50.9 Å². The quantitative estimate of drug-likeness (QED) is 0.128. The minimum absolute atomic E-state index is 0.0372. The fourth-order valence-corrected chi connectivity index (χ4v) is 6.78. The monoisotopic (exact) mass is 735 g/mol. The highest BCUT2D eigenvalue weighted by Crippen LogP contribution is 2.29. The van der Waals surface area contributed by atoms with Crippen molar-refractivity contribution in [3.63, 3.8) is 0 Å². The van der Waals surface area contributed by atoms with Gasteiger partial charge in [0.05, 0.1) is 39.3 Å². The number of rotatable bonds is 13. The van der Waals surface area contributed by atoms with Crippen molar-refractivity contribution in [2.24, 2.45) is 0 Å². The van der Waals surface area contributed by atoms with E-state index < -0.39 is 27.7 Å². The van der Waals surface area contributed by atoms with E-state index in [-0.39, 0.29) is 33.7 Å². The predicted octanol–water partition coefficient (Wildman–Crippen LogP) is 7.48. The minimum atomic E-state index is -4.28. The Hall–Kier alpha value is -4.91. The van der Waals surface area contributed by atoms with Crippen LogP contribution in [0.2, 0.25) is 10.0 Å². The molecule has 0 aliphatic heterocycles. The Labute approximate surface area is 299 Å². The molecule has 14 heteroatoms. The van der Waals surface area contributed by atoms with Gasteiger partial charge in [0.1, 0.15) is 5.82 Å². The Bertz CT molecular complexity index is 2180. The Kier molecular flexibility index (Phi) is 11.8. The molecular weight excluding hydrogens is 701 g/mol. The molecule has 2 N–H and O–H groups in total. The summed E-state index contributed by atoms with van der Waals surface area (Å²) < 4.78 is 36.8. The molecule has 0 fully saturated rings. The van der Waals surface area contributed by atoms with Crippen molar-refractivity contribution in [1.82, 2.24) is 19.1 Å². The molecule has 1 heterocycles. The van der Waals surface area contributed by atoms with Crippen LogP contribution in [0.5, 0.6) is 0 Å². The molecule has 2 amide bonds. The van der Waals surface area contributed by atoms with Gasteiger partial charge in [0.2, 0.25) is 0 Å². The van der Waals surface area contributed by atoms with Crippen LogP contribution in [0.25, 0.3) is 16.8 Å². The number of unbranched alkanes of at least 4 members (excludes halogenated alkanes) is 1. The molecule has 4 aromatic carbocycles. The lowest BCUT2D eigenvalue weighted by Gasteiger charge is -2.13. The molecule has 11 nitrogen and oxygen atoms in total. The smallest absolute Gasteiger partial charge is 0.411 e. The second kappa shape index (κ2) is 16.2. The molecule has 0 bridgehead atoms. The molecule has 50 heavy (non-hydrogen) atoms. The van der Waals surface area contributed by atoms with Crippen molar-refractivity contribution in [3.8, 4) is 16.8 Å². The number of hydrogen-bond acceptors (Lipinski definition) is 7. The standard InChI is InChI=1S/C36H35Cl2N5O6S/c1-3-5-14-33-40-43(31-22-26(19-20-30(31)38)39-35(45)49-21-4-2)36(46)42(33)23-24-15-17-25(18-16-24)27-10-7-9-13-32(27)50(47,48)41-34(44)28-11-6-8-12-29(28)37/h6-13,15-20,22H,3-5,14,21,23H2,1-2H3,(H,39,45)(H,41,44). The molecular formula is C36H35Cl2N5O6S. The molecule has 0 unspecified atom stereocenters. The average molecular weight is 737 g/mol. The molecule has 5 aromatic rings. The fourth-order valence-electron chi connectivity index (χ4n) is 5.16. The van der Waals surface area contributed by atoms with Crippen LogP contribution in [-0.4, -0.2) is 41.4 Å². The van der Waals surface area contributed by atoms with E-state index in [0.717, 1.165) is 18.4 Å². The Morgan fingerprint density at radius 1 is 0.880 bits per heavy atom.